The van der Waals surface area contributed by atoms with Gasteiger partial charge < -0.3 is 4.42 Å². The quantitative estimate of drug-likeness (QED) is 0.871. The predicted molar refractivity (Wildman–Crippen MR) is 83.9 cm³/mol. The Hall–Kier alpha value is -1.66. The second kappa shape index (κ2) is 5.85. The molecule has 3 rings (SSSR count). The molecule has 1 unspecified atom stereocenters. The van der Waals surface area contributed by atoms with E-state index in [2.05, 4.69) is 4.98 Å². The topological polar surface area (TPSA) is 63.4 Å². The van der Waals surface area contributed by atoms with Crippen molar-refractivity contribution in [2.75, 3.05) is 6.54 Å². The number of hydrogen-bond acceptors (Lipinski definition) is 4. The molecule has 2 aromatic rings. The van der Waals surface area contributed by atoms with Crippen molar-refractivity contribution in [2.45, 2.75) is 44.0 Å². The van der Waals surface area contributed by atoms with Gasteiger partial charge in [0.1, 0.15) is 12.0 Å². The van der Waals surface area contributed by atoms with Crippen LogP contribution in [0, 0.1) is 6.92 Å². The molecule has 118 valence electrons. The monoisotopic (exact) mass is 320 g/mol. The third kappa shape index (κ3) is 2.80. The molecular formula is C16H20N2O3S. The molecular weight excluding hydrogens is 300 g/mol. The smallest absolute Gasteiger partial charge is 0.243 e. The van der Waals surface area contributed by atoms with Crippen molar-refractivity contribution in [1.82, 2.24) is 9.29 Å². The van der Waals surface area contributed by atoms with Crippen LogP contribution in [0.25, 0.3) is 11.3 Å². The highest BCUT2D eigenvalue weighted by Gasteiger charge is 2.30. The lowest BCUT2D eigenvalue weighted by molar-refractivity contribution is 0.268. The van der Waals surface area contributed by atoms with Gasteiger partial charge in [0, 0.05) is 25.1 Å². The zero-order valence-electron chi connectivity index (χ0n) is 12.8. The number of aromatic nitrogens is 1. The van der Waals surface area contributed by atoms with Gasteiger partial charge in [-0.25, -0.2) is 13.4 Å². The first kappa shape index (κ1) is 15.2. The maximum Gasteiger partial charge on any atom is 0.243 e. The number of aryl methyl sites for hydroxylation is 1. The van der Waals surface area contributed by atoms with E-state index in [1.807, 2.05) is 6.92 Å². The summed E-state index contributed by atoms with van der Waals surface area (Å²) in [5, 5.41) is 0. The van der Waals surface area contributed by atoms with Crippen molar-refractivity contribution in [1.29, 1.82) is 0 Å². The van der Waals surface area contributed by atoms with Gasteiger partial charge >= 0.3 is 0 Å². The van der Waals surface area contributed by atoms with Gasteiger partial charge in [0.05, 0.1) is 4.90 Å². The summed E-state index contributed by atoms with van der Waals surface area (Å²) in [6, 6.07) is 6.92. The number of piperidine rings is 1. The molecule has 0 radical (unpaired) electrons. The van der Waals surface area contributed by atoms with Crippen LogP contribution in [0.2, 0.25) is 0 Å². The van der Waals surface area contributed by atoms with E-state index in [0.717, 1.165) is 24.8 Å². The van der Waals surface area contributed by atoms with Gasteiger partial charge in [-0.05, 0) is 31.9 Å². The van der Waals surface area contributed by atoms with Crippen LogP contribution < -0.4 is 0 Å². The second-order valence-corrected chi connectivity index (χ2v) is 7.63. The molecule has 0 N–H and O–H groups in total. The van der Waals surface area contributed by atoms with Gasteiger partial charge in [-0.15, -0.1) is 0 Å². The van der Waals surface area contributed by atoms with Gasteiger partial charge in [0.15, 0.2) is 5.89 Å². The Kier molecular flexibility index (Phi) is 4.06. The van der Waals surface area contributed by atoms with Gasteiger partial charge in [-0.2, -0.15) is 4.31 Å². The van der Waals surface area contributed by atoms with Crippen LogP contribution in [0.1, 0.15) is 32.1 Å². The Morgan fingerprint density at radius 1 is 1.23 bits per heavy atom. The van der Waals surface area contributed by atoms with Crippen LogP contribution >= 0.6 is 0 Å². The minimum absolute atomic E-state index is 0.0663. The van der Waals surface area contributed by atoms with E-state index in [1.165, 1.54) is 0 Å². The molecule has 1 aliphatic rings. The molecule has 0 amide bonds. The number of rotatable bonds is 3. The fraction of sp³-hybridized carbons (Fsp3) is 0.438. The summed E-state index contributed by atoms with van der Waals surface area (Å²) in [5.74, 6) is 0.592. The Morgan fingerprint density at radius 3 is 2.55 bits per heavy atom. The first-order valence-electron chi connectivity index (χ1n) is 7.53. The average molecular weight is 320 g/mol. The lowest BCUT2D eigenvalue weighted by Gasteiger charge is -2.32. The molecule has 1 aromatic heterocycles. The van der Waals surface area contributed by atoms with Gasteiger partial charge in [-0.1, -0.05) is 18.6 Å². The molecule has 6 heteroatoms. The normalized spacial score (nSPS) is 20.2. The van der Waals surface area contributed by atoms with Crippen molar-refractivity contribution in [3.05, 3.63) is 36.4 Å². The van der Waals surface area contributed by atoms with E-state index in [-0.39, 0.29) is 6.04 Å². The molecule has 0 aliphatic carbocycles. The van der Waals surface area contributed by atoms with Crippen molar-refractivity contribution in [3.63, 3.8) is 0 Å². The van der Waals surface area contributed by atoms with Gasteiger partial charge in [-0.3, -0.25) is 0 Å². The highest BCUT2D eigenvalue weighted by atomic mass is 32.2. The summed E-state index contributed by atoms with van der Waals surface area (Å²) in [6.45, 7) is 4.36. The number of sulfonamides is 1. The lowest BCUT2D eigenvalue weighted by Crippen LogP contribution is -2.41. The van der Waals surface area contributed by atoms with Crippen LogP contribution in [0.4, 0.5) is 0 Å². The van der Waals surface area contributed by atoms with Crippen LogP contribution in [0.15, 0.2) is 39.8 Å². The Labute approximate surface area is 131 Å². The first-order chi connectivity index (χ1) is 10.5. The van der Waals surface area contributed by atoms with E-state index in [0.29, 0.717) is 23.0 Å². The zero-order chi connectivity index (χ0) is 15.7. The maximum atomic E-state index is 12.7. The SMILES string of the molecule is Cc1nc(-c2ccc(S(=O)(=O)N3CCCCC3C)cc2)co1. The molecule has 1 atom stereocenters. The van der Waals surface area contributed by atoms with E-state index >= 15 is 0 Å². The summed E-state index contributed by atoms with van der Waals surface area (Å²) in [6.07, 6.45) is 4.53. The largest absolute Gasteiger partial charge is 0.449 e. The van der Waals surface area contributed by atoms with E-state index < -0.39 is 10.0 Å². The highest BCUT2D eigenvalue weighted by Crippen LogP contribution is 2.27. The van der Waals surface area contributed by atoms with Crippen molar-refractivity contribution >= 4 is 10.0 Å². The number of oxazole rings is 1. The average Bonchev–Trinajstić information content (AvgIpc) is 2.94. The summed E-state index contributed by atoms with van der Waals surface area (Å²) in [5.41, 5.74) is 1.57. The molecule has 0 bridgehead atoms. The number of benzene rings is 1. The molecule has 2 heterocycles. The molecule has 22 heavy (non-hydrogen) atoms. The molecule has 5 nitrogen and oxygen atoms in total. The minimum Gasteiger partial charge on any atom is -0.449 e. The number of hydrogen-bond donors (Lipinski definition) is 0. The maximum absolute atomic E-state index is 12.7. The van der Waals surface area contributed by atoms with Gasteiger partial charge in [0.2, 0.25) is 10.0 Å². The standard InChI is InChI=1S/C16H20N2O3S/c1-12-5-3-4-10-18(12)22(19,20)15-8-6-14(7-9-15)16-11-21-13(2)17-16/h6-9,11-12H,3-5,10H2,1-2H3. The molecule has 1 aromatic carbocycles. The van der Waals surface area contributed by atoms with Crippen molar-refractivity contribution in [2.24, 2.45) is 0 Å². The molecule has 0 spiro atoms. The number of nitrogens with zero attached hydrogens (tertiary/aromatic N) is 2. The fourth-order valence-corrected chi connectivity index (χ4v) is 4.56. The molecule has 1 aliphatic heterocycles. The van der Waals surface area contributed by atoms with Crippen molar-refractivity contribution < 1.29 is 12.8 Å². The first-order valence-corrected chi connectivity index (χ1v) is 8.97. The van der Waals surface area contributed by atoms with Crippen LogP contribution in [-0.2, 0) is 10.0 Å². The third-order valence-corrected chi connectivity index (χ3v) is 6.15. The lowest BCUT2D eigenvalue weighted by atomic mass is 10.1. The predicted octanol–water partition coefficient (Wildman–Crippen LogP) is 3.21. The molecule has 0 saturated carbocycles. The van der Waals surface area contributed by atoms with Crippen LogP contribution in [0.5, 0.6) is 0 Å². The van der Waals surface area contributed by atoms with Crippen LogP contribution in [-0.4, -0.2) is 30.3 Å². The Bertz CT molecular complexity index is 750. The summed E-state index contributed by atoms with van der Waals surface area (Å²) in [4.78, 5) is 4.59. The minimum atomic E-state index is -3.42. The Balaban J connectivity index is 1.88. The second-order valence-electron chi connectivity index (χ2n) is 5.74. The summed E-state index contributed by atoms with van der Waals surface area (Å²) in [7, 11) is -3.42. The third-order valence-electron chi connectivity index (χ3n) is 4.12. The van der Waals surface area contributed by atoms with E-state index in [1.54, 1.807) is 41.8 Å². The highest BCUT2D eigenvalue weighted by molar-refractivity contribution is 7.89. The Morgan fingerprint density at radius 2 is 1.95 bits per heavy atom. The van der Waals surface area contributed by atoms with Crippen molar-refractivity contribution in [3.8, 4) is 11.3 Å². The summed E-state index contributed by atoms with van der Waals surface area (Å²) < 4.78 is 32.3. The molecule has 1 fully saturated rings. The van der Waals surface area contributed by atoms with E-state index in [9.17, 15) is 8.42 Å². The fourth-order valence-electron chi connectivity index (χ4n) is 2.86. The zero-order valence-corrected chi connectivity index (χ0v) is 13.6. The van der Waals surface area contributed by atoms with Crippen LogP contribution in [0.3, 0.4) is 0 Å². The van der Waals surface area contributed by atoms with Gasteiger partial charge in [0.25, 0.3) is 0 Å². The summed E-state index contributed by atoms with van der Waals surface area (Å²) >= 11 is 0. The van der Waals surface area contributed by atoms with E-state index in [4.69, 9.17) is 4.42 Å². The molecule has 1 saturated heterocycles.